The maximum atomic E-state index is 13.4. The minimum atomic E-state index is -0.402. The molecule has 3 aromatic rings. The van der Waals surface area contributed by atoms with E-state index >= 15 is 0 Å². The van der Waals surface area contributed by atoms with Crippen molar-refractivity contribution < 1.29 is 18.7 Å². The predicted molar refractivity (Wildman–Crippen MR) is 118 cm³/mol. The zero-order valence-corrected chi connectivity index (χ0v) is 17.5. The van der Waals surface area contributed by atoms with Crippen LogP contribution in [0.1, 0.15) is 23.8 Å². The number of ether oxygens (including phenoxy) is 1. The molecule has 0 atom stereocenters. The summed E-state index contributed by atoms with van der Waals surface area (Å²) in [5, 5.41) is 9.02. The van der Waals surface area contributed by atoms with Crippen molar-refractivity contribution in [3.8, 4) is 11.8 Å². The summed E-state index contributed by atoms with van der Waals surface area (Å²) in [5.74, 6) is 1.03. The summed E-state index contributed by atoms with van der Waals surface area (Å²) in [5.41, 5.74) is 1.86. The Hall–Kier alpha value is -3.76. The standard InChI is InChI=1S/C24H18N2O4S/c1-2-29-19-11-7-17(8-12-19)21-22(31-15-20-4-3-13-30-20)24(28)26(23(21)27)18-9-5-16(14-25)6-10-18/h3-13H,2,15H2,1H3. The second-order valence-corrected chi connectivity index (χ2v) is 7.62. The first-order valence-corrected chi connectivity index (χ1v) is 10.6. The number of hydrogen-bond donors (Lipinski definition) is 0. The molecule has 0 fully saturated rings. The molecule has 154 valence electrons. The number of hydrogen-bond acceptors (Lipinski definition) is 6. The van der Waals surface area contributed by atoms with Gasteiger partial charge in [0.15, 0.2) is 0 Å². The van der Waals surface area contributed by atoms with Gasteiger partial charge in [0.2, 0.25) is 0 Å². The SMILES string of the molecule is CCOc1ccc(C2=C(SCc3ccco3)C(=O)N(c3ccc(C#N)cc3)C2=O)cc1. The normalized spacial score (nSPS) is 13.6. The van der Waals surface area contributed by atoms with E-state index in [-0.39, 0.29) is 0 Å². The van der Waals surface area contributed by atoms with Crippen LogP contribution >= 0.6 is 11.8 Å². The van der Waals surface area contributed by atoms with Crippen molar-refractivity contribution in [3.63, 3.8) is 0 Å². The maximum absolute atomic E-state index is 13.4. The van der Waals surface area contributed by atoms with Crippen LogP contribution in [0.15, 0.2) is 76.2 Å². The largest absolute Gasteiger partial charge is 0.494 e. The van der Waals surface area contributed by atoms with Gasteiger partial charge in [-0.05, 0) is 61.0 Å². The summed E-state index contributed by atoms with van der Waals surface area (Å²) in [4.78, 5) is 28.2. The van der Waals surface area contributed by atoms with Crippen LogP contribution in [-0.2, 0) is 15.3 Å². The van der Waals surface area contributed by atoms with Crippen molar-refractivity contribution in [1.82, 2.24) is 0 Å². The number of amides is 2. The van der Waals surface area contributed by atoms with Crippen molar-refractivity contribution in [3.05, 3.63) is 88.7 Å². The van der Waals surface area contributed by atoms with Gasteiger partial charge in [-0.3, -0.25) is 9.59 Å². The van der Waals surface area contributed by atoms with Crippen molar-refractivity contribution in [2.75, 3.05) is 11.5 Å². The summed E-state index contributed by atoms with van der Waals surface area (Å²) in [6.07, 6.45) is 1.57. The zero-order chi connectivity index (χ0) is 21.8. The highest BCUT2D eigenvalue weighted by molar-refractivity contribution is 8.03. The zero-order valence-electron chi connectivity index (χ0n) is 16.7. The molecule has 1 aliphatic rings. The Balaban J connectivity index is 1.71. The molecule has 1 aliphatic heterocycles. The fraction of sp³-hybridized carbons (Fsp3) is 0.125. The van der Waals surface area contributed by atoms with E-state index in [1.54, 1.807) is 60.9 Å². The number of imide groups is 1. The van der Waals surface area contributed by atoms with E-state index in [4.69, 9.17) is 14.4 Å². The van der Waals surface area contributed by atoms with Crippen LogP contribution in [-0.4, -0.2) is 18.4 Å². The van der Waals surface area contributed by atoms with E-state index in [1.807, 2.05) is 19.1 Å². The van der Waals surface area contributed by atoms with E-state index < -0.39 is 11.8 Å². The molecule has 0 N–H and O–H groups in total. The van der Waals surface area contributed by atoms with Gasteiger partial charge in [-0.1, -0.05) is 12.1 Å². The quantitative estimate of drug-likeness (QED) is 0.502. The van der Waals surface area contributed by atoms with Gasteiger partial charge in [-0.15, -0.1) is 11.8 Å². The van der Waals surface area contributed by atoms with Gasteiger partial charge in [0.1, 0.15) is 11.5 Å². The molecule has 31 heavy (non-hydrogen) atoms. The molecule has 0 radical (unpaired) electrons. The fourth-order valence-electron chi connectivity index (χ4n) is 3.24. The Morgan fingerprint density at radius 2 is 1.77 bits per heavy atom. The summed E-state index contributed by atoms with van der Waals surface area (Å²) in [6.45, 7) is 2.44. The van der Waals surface area contributed by atoms with Crippen LogP contribution in [0.25, 0.3) is 5.57 Å². The third-order valence-corrected chi connectivity index (χ3v) is 5.79. The molecule has 0 aliphatic carbocycles. The second kappa shape index (κ2) is 8.94. The Kier molecular flexibility index (Phi) is 5.92. The molecule has 6 nitrogen and oxygen atoms in total. The lowest BCUT2D eigenvalue weighted by atomic mass is 10.1. The predicted octanol–water partition coefficient (Wildman–Crippen LogP) is 4.77. The first kappa shape index (κ1) is 20.5. The van der Waals surface area contributed by atoms with Crippen LogP contribution in [0.5, 0.6) is 5.75 Å². The third-order valence-electron chi connectivity index (χ3n) is 4.69. The van der Waals surface area contributed by atoms with Crippen molar-refractivity contribution >= 4 is 34.8 Å². The van der Waals surface area contributed by atoms with Gasteiger partial charge in [0.05, 0.1) is 46.4 Å². The summed E-state index contributed by atoms with van der Waals surface area (Å²) >= 11 is 1.27. The van der Waals surface area contributed by atoms with Crippen LogP contribution in [0.3, 0.4) is 0 Å². The van der Waals surface area contributed by atoms with Crippen LogP contribution in [0.4, 0.5) is 5.69 Å². The minimum absolute atomic E-state index is 0.342. The summed E-state index contributed by atoms with van der Waals surface area (Å²) in [7, 11) is 0. The van der Waals surface area contributed by atoms with Crippen molar-refractivity contribution in [2.45, 2.75) is 12.7 Å². The topological polar surface area (TPSA) is 83.5 Å². The number of nitrogens with zero attached hydrogens (tertiary/aromatic N) is 2. The number of carbonyl (C=O) groups excluding carboxylic acids is 2. The van der Waals surface area contributed by atoms with E-state index in [0.29, 0.717) is 51.2 Å². The Bertz CT molecular complexity index is 1170. The highest BCUT2D eigenvalue weighted by atomic mass is 32.2. The average molecular weight is 430 g/mol. The minimum Gasteiger partial charge on any atom is -0.494 e. The lowest BCUT2D eigenvalue weighted by Gasteiger charge is -2.15. The first-order chi connectivity index (χ1) is 15.1. The number of rotatable bonds is 7. The Labute approximate surface area is 183 Å². The molecule has 1 aromatic heterocycles. The first-order valence-electron chi connectivity index (χ1n) is 9.64. The number of anilines is 1. The number of thioether (sulfide) groups is 1. The van der Waals surface area contributed by atoms with Gasteiger partial charge in [-0.2, -0.15) is 5.26 Å². The summed E-state index contributed by atoms with van der Waals surface area (Å²) < 4.78 is 10.9. The van der Waals surface area contributed by atoms with Gasteiger partial charge in [-0.25, -0.2) is 4.90 Å². The molecule has 2 heterocycles. The second-order valence-electron chi connectivity index (χ2n) is 6.63. The number of furan rings is 1. The van der Waals surface area contributed by atoms with Gasteiger partial charge >= 0.3 is 0 Å². The number of benzene rings is 2. The molecule has 7 heteroatoms. The van der Waals surface area contributed by atoms with Gasteiger partial charge in [0.25, 0.3) is 11.8 Å². The highest BCUT2D eigenvalue weighted by Gasteiger charge is 2.40. The number of carbonyl (C=O) groups is 2. The average Bonchev–Trinajstić information content (AvgIpc) is 3.39. The fourth-order valence-corrected chi connectivity index (χ4v) is 4.26. The molecule has 0 spiro atoms. The lowest BCUT2D eigenvalue weighted by molar-refractivity contribution is -0.119. The molecular weight excluding hydrogens is 412 g/mol. The van der Waals surface area contributed by atoms with Crippen LogP contribution < -0.4 is 9.64 Å². The molecule has 0 saturated heterocycles. The molecule has 0 bridgehead atoms. The van der Waals surface area contributed by atoms with E-state index in [1.165, 1.54) is 11.8 Å². The molecule has 0 unspecified atom stereocenters. The van der Waals surface area contributed by atoms with E-state index in [2.05, 4.69) is 0 Å². The molecule has 4 rings (SSSR count). The van der Waals surface area contributed by atoms with Crippen LogP contribution in [0.2, 0.25) is 0 Å². The lowest BCUT2D eigenvalue weighted by Crippen LogP contribution is -2.31. The smallest absolute Gasteiger partial charge is 0.272 e. The molecular formula is C24H18N2O4S. The highest BCUT2D eigenvalue weighted by Crippen LogP contribution is 2.40. The monoisotopic (exact) mass is 430 g/mol. The maximum Gasteiger partial charge on any atom is 0.272 e. The van der Waals surface area contributed by atoms with Crippen molar-refractivity contribution in [1.29, 1.82) is 5.26 Å². The molecule has 2 aromatic carbocycles. The molecule has 2 amide bonds. The van der Waals surface area contributed by atoms with E-state index in [9.17, 15) is 9.59 Å². The Morgan fingerprint density at radius 1 is 1.03 bits per heavy atom. The van der Waals surface area contributed by atoms with Crippen molar-refractivity contribution in [2.24, 2.45) is 0 Å². The van der Waals surface area contributed by atoms with Crippen LogP contribution in [0, 0.1) is 11.3 Å². The Morgan fingerprint density at radius 3 is 2.39 bits per heavy atom. The third kappa shape index (κ3) is 4.11. The van der Waals surface area contributed by atoms with Gasteiger partial charge in [0, 0.05) is 0 Å². The molecule has 0 saturated carbocycles. The number of nitriles is 1. The van der Waals surface area contributed by atoms with Gasteiger partial charge < -0.3 is 9.15 Å². The van der Waals surface area contributed by atoms with E-state index in [0.717, 1.165) is 4.90 Å². The summed E-state index contributed by atoms with van der Waals surface area (Å²) in [6, 6.07) is 19.1.